The molecule has 0 spiro atoms. The molecule has 0 aliphatic carbocycles. The van der Waals surface area contributed by atoms with Gasteiger partial charge in [-0.05, 0) is 29.1 Å². The van der Waals surface area contributed by atoms with E-state index in [-0.39, 0.29) is 0 Å². The van der Waals surface area contributed by atoms with Crippen LogP contribution < -0.4 is 0 Å². The Morgan fingerprint density at radius 1 is 0.950 bits per heavy atom. The summed E-state index contributed by atoms with van der Waals surface area (Å²) in [6.07, 6.45) is 5.05. The van der Waals surface area contributed by atoms with Gasteiger partial charge in [0.1, 0.15) is 0 Å². The van der Waals surface area contributed by atoms with Crippen LogP contribution >= 0.6 is 40.9 Å². The van der Waals surface area contributed by atoms with Crippen LogP contribution in [-0.4, -0.2) is 23.9 Å². The van der Waals surface area contributed by atoms with Crippen molar-refractivity contribution in [1.29, 1.82) is 0 Å². The van der Waals surface area contributed by atoms with Gasteiger partial charge in [0.15, 0.2) is 0 Å². The molecule has 9 heteroatoms. The zero-order chi connectivity index (χ0) is 15.5. The normalized spacial score (nSPS) is 10.5. The first kappa shape index (κ1) is 23.5. The van der Waals surface area contributed by atoms with Crippen LogP contribution in [0.1, 0.15) is 52.9 Å². The minimum atomic E-state index is -2.06. The van der Waals surface area contributed by atoms with E-state index in [2.05, 4.69) is 37.7 Å². The third kappa shape index (κ3) is 24.3. The smallest absolute Gasteiger partial charge is 0.325 e. The van der Waals surface area contributed by atoms with E-state index in [9.17, 15) is 0 Å². The van der Waals surface area contributed by atoms with E-state index in [0.29, 0.717) is 13.2 Å². The molecule has 0 aliphatic rings. The van der Waals surface area contributed by atoms with Crippen LogP contribution in [0.25, 0.3) is 0 Å². The van der Waals surface area contributed by atoms with Crippen molar-refractivity contribution >= 4 is 40.9 Å². The Morgan fingerprint density at radius 2 is 1.45 bits per heavy atom. The highest BCUT2D eigenvalue weighted by atomic mass is 33.5. The van der Waals surface area contributed by atoms with Crippen LogP contribution in [0.5, 0.6) is 0 Å². The Hall–Kier alpha value is 1.28. The molecule has 0 unspecified atom stereocenters. The molecule has 0 aliphatic heterocycles. The van der Waals surface area contributed by atoms with E-state index in [4.69, 9.17) is 4.89 Å². The van der Waals surface area contributed by atoms with Gasteiger partial charge >= 0.3 is 8.60 Å². The van der Waals surface area contributed by atoms with E-state index in [0.717, 1.165) is 25.7 Å². The zero-order valence-electron chi connectivity index (χ0n) is 12.4. The number of unbranched alkanes of at least 4 members (excludes halogenated alkanes) is 2. The summed E-state index contributed by atoms with van der Waals surface area (Å²) in [6, 6.07) is 0. The molecule has 0 radical (unpaired) electrons. The van der Waals surface area contributed by atoms with Gasteiger partial charge < -0.3 is 4.89 Å². The van der Waals surface area contributed by atoms with Crippen molar-refractivity contribution in [2.75, 3.05) is 19.0 Å². The van der Waals surface area contributed by atoms with Crippen LogP contribution in [0.4, 0.5) is 0 Å². The standard InChI is InChI=1S/C8H19O5P.C3H8S3/c1-3-5-7-10-12-14(9)13-11-8-6-4-2;1-2-3-5-6-4/h9H,3-8H2,1-2H3;4H,2-3H2,1H3. The van der Waals surface area contributed by atoms with Crippen molar-refractivity contribution < 1.29 is 24.0 Å². The molecule has 0 aromatic heterocycles. The molecular formula is C11H27O5PS3. The van der Waals surface area contributed by atoms with E-state index in [1.807, 2.05) is 13.8 Å². The Balaban J connectivity index is 0. The maximum atomic E-state index is 9.02. The van der Waals surface area contributed by atoms with Gasteiger partial charge in [-0.25, -0.2) is 9.78 Å². The van der Waals surface area contributed by atoms with Crippen molar-refractivity contribution in [3.8, 4) is 0 Å². The largest absolute Gasteiger partial charge is 0.389 e. The topological polar surface area (TPSA) is 57.2 Å². The molecule has 124 valence electrons. The van der Waals surface area contributed by atoms with Gasteiger partial charge in [-0.15, -0.1) is 0 Å². The number of hydrogen-bond donors (Lipinski definition) is 2. The first-order chi connectivity index (χ1) is 9.72. The summed E-state index contributed by atoms with van der Waals surface area (Å²) >= 11 is 3.93. The Morgan fingerprint density at radius 3 is 1.75 bits per heavy atom. The highest BCUT2D eigenvalue weighted by Crippen LogP contribution is 2.33. The predicted molar refractivity (Wildman–Crippen MR) is 92.4 cm³/mol. The minimum Gasteiger partial charge on any atom is -0.325 e. The van der Waals surface area contributed by atoms with Crippen LogP contribution in [0, 0.1) is 0 Å². The van der Waals surface area contributed by atoms with Gasteiger partial charge in [0.25, 0.3) is 0 Å². The highest BCUT2D eigenvalue weighted by molar-refractivity contribution is 9.05. The van der Waals surface area contributed by atoms with Crippen LogP contribution in [0.15, 0.2) is 0 Å². The van der Waals surface area contributed by atoms with Crippen LogP contribution in [-0.2, 0) is 19.1 Å². The van der Waals surface area contributed by atoms with Crippen LogP contribution in [0.2, 0.25) is 0 Å². The second-order valence-corrected chi connectivity index (χ2v) is 7.70. The van der Waals surface area contributed by atoms with Gasteiger partial charge in [-0.3, -0.25) is 0 Å². The molecule has 0 saturated heterocycles. The summed E-state index contributed by atoms with van der Waals surface area (Å²) in [7, 11) is 1.27. The maximum Gasteiger partial charge on any atom is 0.389 e. The summed E-state index contributed by atoms with van der Waals surface area (Å²) < 4.78 is 8.99. The summed E-state index contributed by atoms with van der Waals surface area (Å²) in [6.45, 7) is 7.14. The highest BCUT2D eigenvalue weighted by Gasteiger charge is 2.08. The third-order valence-electron chi connectivity index (χ3n) is 1.74. The second kappa shape index (κ2) is 22.6. The lowest BCUT2D eigenvalue weighted by Gasteiger charge is -2.07. The molecule has 0 fully saturated rings. The van der Waals surface area contributed by atoms with Gasteiger partial charge in [0.2, 0.25) is 0 Å². The van der Waals surface area contributed by atoms with Crippen molar-refractivity contribution in [3.63, 3.8) is 0 Å². The molecule has 5 nitrogen and oxygen atoms in total. The molecule has 0 bridgehead atoms. The quantitative estimate of drug-likeness (QED) is 0.114. The molecule has 0 atom stereocenters. The summed E-state index contributed by atoms with van der Waals surface area (Å²) in [4.78, 5) is 18.4. The second-order valence-electron chi connectivity index (χ2n) is 3.63. The molecule has 1 N–H and O–H groups in total. The molecule has 0 saturated carbocycles. The summed E-state index contributed by atoms with van der Waals surface area (Å²) in [5.74, 6) is 1.22. The molecule has 0 aromatic carbocycles. The lowest BCUT2D eigenvalue weighted by Crippen LogP contribution is -1.97. The number of rotatable bonds is 13. The van der Waals surface area contributed by atoms with Gasteiger partial charge in [-0.2, -0.15) is 9.35 Å². The maximum absolute atomic E-state index is 9.02. The van der Waals surface area contributed by atoms with E-state index in [1.54, 1.807) is 10.8 Å². The van der Waals surface area contributed by atoms with Gasteiger partial charge in [-0.1, -0.05) is 56.1 Å². The summed E-state index contributed by atoms with van der Waals surface area (Å²) in [5.41, 5.74) is 0. The number of hydrogen-bond acceptors (Lipinski definition) is 8. The number of thiol groups is 1. The lowest BCUT2D eigenvalue weighted by molar-refractivity contribution is -0.267. The zero-order valence-corrected chi connectivity index (χ0v) is 15.9. The predicted octanol–water partition coefficient (Wildman–Crippen LogP) is 5.32. The molecule has 0 aromatic rings. The van der Waals surface area contributed by atoms with Crippen molar-refractivity contribution in [2.24, 2.45) is 0 Å². The Kier molecular flexibility index (Phi) is 26.6. The van der Waals surface area contributed by atoms with Crippen molar-refractivity contribution in [1.82, 2.24) is 0 Å². The van der Waals surface area contributed by atoms with Crippen molar-refractivity contribution in [2.45, 2.75) is 52.9 Å². The summed E-state index contributed by atoms with van der Waals surface area (Å²) in [5, 5.41) is 0. The van der Waals surface area contributed by atoms with Gasteiger partial charge in [0.05, 0.1) is 13.2 Å². The molecule has 20 heavy (non-hydrogen) atoms. The fourth-order valence-corrected chi connectivity index (χ4v) is 2.69. The monoisotopic (exact) mass is 366 g/mol. The molecule has 0 amide bonds. The SMILES string of the molecule is CCCCOOP(O)OOCCCC.CCCSSS. The van der Waals surface area contributed by atoms with E-state index in [1.165, 1.54) is 22.0 Å². The van der Waals surface area contributed by atoms with Crippen LogP contribution in [0.3, 0.4) is 0 Å². The Labute approximate surface area is 136 Å². The fraction of sp³-hybridized carbons (Fsp3) is 1.00. The molecule has 0 heterocycles. The van der Waals surface area contributed by atoms with Gasteiger partial charge in [0, 0.05) is 5.75 Å². The minimum absolute atomic E-state index is 0.453. The molecular weight excluding hydrogens is 339 g/mol. The fourth-order valence-electron chi connectivity index (χ4n) is 0.704. The average Bonchev–Trinajstić information content (AvgIpc) is 2.46. The lowest BCUT2D eigenvalue weighted by atomic mass is 10.4. The Bertz CT molecular complexity index is 155. The average molecular weight is 367 g/mol. The third-order valence-corrected chi connectivity index (χ3v) is 4.65. The first-order valence-electron chi connectivity index (χ1n) is 6.74. The first-order valence-corrected chi connectivity index (χ1v) is 11.2. The molecule has 0 rings (SSSR count). The van der Waals surface area contributed by atoms with Crippen molar-refractivity contribution in [3.05, 3.63) is 0 Å². The van der Waals surface area contributed by atoms with E-state index >= 15 is 0 Å². The van der Waals surface area contributed by atoms with E-state index < -0.39 is 8.60 Å².